The van der Waals surface area contributed by atoms with Gasteiger partial charge in [-0.15, -0.1) is 11.8 Å². The second kappa shape index (κ2) is 14.1. The first-order chi connectivity index (χ1) is 13.2. The fraction of sp³-hybridized carbons (Fsp3) is 0.652. The first-order valence-corrected chi connectivity index (χ1v) is 10.2. The lowest BCUT2D eigenvalue weighted by atomic mass is 9.94. The van der Waals surface area contributed by atoms with Gasteiger partial charge in [-0.1, -0.05) is 45.4 Å². The third kappa shape index (κ3) is 8.47. The van der Waals surface area contributed by atoms with Crippen molar-refractivity contribution in [3.63, 3.8) is 0 Å². The van der Waals surface area contributed by atoms with E-state index in [1.807, 2.05) is 0 Å². The largest absolute Gasteiger partial charge is 0.493 e. The minimum atomic E-state index is -0.290. The highest BCUT2D eigenvalue weighted by molar-refractivity contribution is 6.21. The van der Waals surface area contributed by atoms with Crippen molar-refractivity contribution in [2.24, 2.45) is 0 Å². The van der Waals surface area contributed by atoms with Gasteiger partial charge >= 0.3 is 0 Å². The van der Waals surface area contributed by atoms with E-state index in [9.17, 15) is 9.59 Å². The Bertz CT molecular complexity index is 602. The Kier molecular flexibility index (Phi) is 12.0. The van der Waals surface area contributed by atoms with Crippen LogP contribution in [0.15, 0.2) is 23.2 Å². The first-order valence-electron chi connectivity index (χ1n) is 10.2. The summed E-state index contributed by atoms with van der Waals surface area (Å²) in [6.45, 7) is 2.19. The van der Waals surface area contributed by atoms with Crippen LogP contribution >= 0.6 is 0 Å². The summed E-state index contributed by atoms with van der Waals surface area (Å²) in [7, 11) is 2.84. The third-order valence-corrected chi connectivity index (χ3v) is 4.69. The average Bonchev–Trinajstić information content (AvgIpc) is 2.67. The lowest BCUT2D eigenvalue weighted by Gasteiger charge is -2.17. The molecule has 150 valence electrons. The summed E-state index contributed by atoms with van der Waals surface area (Å²) in [5.41, 5.74) is 0.448. The minimum Gasteiger partial charge on any atom is -0.493 e. The van der Waals surface area contributed by atoms with Gasteiger partial charge in [-0.3, -0.25) is 9.59 Å². The SMILES string of the molecule is CCCCC#CCCCCCCCCCC1=C(OC)C(=O)C=C(OC)C1=O. The number of carbonyl (C=O) groups excluding carboxylic acids is 2. The van der Waals surface area contributed by atoms with Crippen LogP contribution < -0.4 is 0 Å². The standard InChI is InChI=1S/C23H34O4/c1-4-5-6-7-8-9-10-11-12-13-14-15-16-17-19-22(25)21(26-2)18-20(24)23(19)27-3/h18H,4-6,9-17H2,1-3H3. The lowest BCUT2D eigenvalue weighted by molar-refractivity contribution is -0.120. The van der Waals surface area contributed by atoms with Crippen LogP contribution in [0.3, 0.4) is 0 Å². The second-order valence-corrected chi connectivity index (χ2v) is 6.85. The van der Waals surface area contributed by atoms with Crippen molar-refractivity contribution in [2.75, 3.05) is 14.2 Å². The van der Waals surface area contributed by atoms with Gasteiger partial charge in [-0.05, 0) is 25.7 Å². The van der Waals surface area contributed by atoms with Gasteiger partial charge in [-0.2, -0.15) is 0 Å². The molecule has 4 heteroatoms. The molecule has 0 saturated heterocycles. The molecule has 0 heterocycles. The molecular weight excluding hydrogens is 340 g/mol. The predicted molar refractivity (Wildman–Crippen MR) is 108 cm³/mol. The van der Waals surface area contributed by atoms with Crippen LogP contribution in [0.25, 0.3) is 0 Å². The molecule has 0 fully saturated rings. The van der Waals surface area contributed by atoms with Gasteiger partial charge in [0.05, 0.1) is 14.2 Å². The minimum absolute atomic E-state index is 0.105. The number of ketones is 2. The molecule has 0 unspecified atom stereocenters. The Labute approximate surface area is 164 Å². The molecule has 0 saturated carbocycles. The van der Waals surface area contributed by atoms with Crippen molar-refractivity contribution in [1.82, 2.24) is 0 Å². The van der Waals surface area contributed by atoms with E-state index in [1.165, 1.54) is 58.8 Å². The molecular formula is C23H34O4. The maximum absolute atomic E-state index is 12.3. The monoisotopic (exact) mass is 374 g/mol. The van der Waals surface area contributed by atoms with Gasteiger partial charge in [0, 0.05) is 24.5 Å². The van der Waals surface area contributed by atoms with Crippen LogP contribution in [0.4, 0.5) is 0 Å². The van der Waals surface area contributed by atoms with Crippen LogP contribution in [0.1, 0.15) is 84.0 Å². The molecule has 1 aliphatic carbocycles. The zero-order valence-corrected chi connectivity index (χ0v) is 17.2. The smallest absolute Gasteiger partial charge is 0.227 e. The Morgan fingerprint density at radius 3 is 2.00 bits per heavy atom. The average molecular weight is 375 g/mol. The van der Waals surface area contributed by atoms with Crippen molar-refractivity contribution in [3.8, 4) is 11.8 Å². The van der Waals surface area contributed by atoms with Crippen molar-refractivity contribution < 1.29 is 19.1 Å². The topological polar surface area (TPSA) is 52.6 Å². The van der Waals surface area contributed by atoms with Gasteiger partial charge in [0.25, 0.3) is 0 Å². The normalized spacial score (nSPS) is 14.0. The van der Waals surface area contributed by atoms with E-state index in [-0.39, 0.29) is 23.1 Å². The van der Waals surface area contributed by atoms with Gasteiger partial charge < -0.3 is 9.47 Å². The summed E-state index contributed by atoms with van der Waals surface area (Å²) in [5.74, 6) is 6.24. The Morgan fingerprint density at radius 2 is 1.41 bits per heavy atom. The van der Waals surface area contributed by atoms with Crippen LogP contribution in [-0.4, -0.2) is 25.8 Å². The van der Waals surface area contributed by atoms with Crippen LogP contribution in [0.2, 0.25) is 0 Å². The number of hydrogen-bond acceptors (Lipinski definition) is 4. The Hall–Kier alpha value is -2.02. The third-order valence-electron chi connectivity index (χ3n) is 4.69. The number of ether oxygens (including phenoxy) is 2. The Morgan fingerprint density at radius 1 is 0.815 bits per heavy atom. The molecule has 1 aliphatic rings. The van der Waals surface area contributed by atoms with E-state index in [0.717, 1.165) is 32.1 Å². The van der Waals surface area contributed by atoms with E-state index in [0.29, 0.717) is 12.0 Å². The van der Waals surface area contributed by atoms with E-state index in [4.69, 9.17) is 9.47 Å². The number of allylic oxidation sites excluding steroid dienone is 2. The molecule has 0 aromatic carbocycles. The quantitative estimate of drug-likeness (QED) is 0.250. The van der Waals surface area contributed by atoms with E-state index in [2.05, 4.69) is 18.8 Å². The van der Waals surface area contributed by atoms with Gasteiger partial charge in [0.2, 0.25) is 11.6 Å². The highest BCUT2D eigenvalue weighted by Crippen LogP contribution is 2.25. The maximum Gasteiger partial charge on any atom is 0.227 e. The summed E-state index contributed by atoms with van der Waals surface area (Å²) in [5, 5.41) is 0. The Balaban J connectivity index is 2.17. The summed E-state index contributed by atoms with van der Waals surface area (Å²) < 4.78 is 10.1. The van der Waals surface area contributed by atoms with Gasteiger partial charge in [-0.25, -0.2) is 0 Å². The molecule has 0 radical (unpaired) electrons. The summed E-state index contributed by atoms with van der Waals surface area (Å²) in [6.07, 6.45) is 14.2. The van der Waals surface area contributed by atoms with Crippen LogP contribution in [0, 0.1) is 11.8 Å². The molecule has 0 aromatic rings. The molecule has 1 rings (SSSR count). The maximum atomic E-state index is 12.3. The molecule has 0 spiro atoms. The first kappa shape index (κ1) is 23.0. The molecule has 27 heavy (non-hydrogen) atoms. The fourth-order valence-electron chi connectivity index (χ4n) is 3.09. The molecule has 0 amide bonds. The number of rotatable bonds is 13. The number of Topliss-reactive ketones (excluding diaryl/α,β-unsaturated/α-hetero) is 1. The van der Waals surface area contributed by atoms with Crippen molar-refractivity contribution in [2.45, 2.75) is 84.0 Å². The zero-order valence-electron chi connectivity index (χ0n) is 17.2. The van der Waals surface area contributed by atoms with E-state index < -0.39 is 0 Å². The predicted octanol–water partition coefficient (Wildman–Crippen LogP) is 5.27. The molecule has 0 atom stereocenters. The summed E-state index contributed by atoms with van der Waals surface area (Å²) in [4.78, 5) is 24.3. The molecule has 0 aliphatic heterocycles. The number of carbonyl (C=O) groups is 2. The van der Waals surface area contributed by atoms with Crippen molar-refractivity contribution in [1.29, 1.82) is 0 Å². The van der Waals surface area contributed by atoms with E-state index in [1.54, 1.807) is 0 Å². The van der Waals surface area contributed by atoms with Crippen molar-refractivity contribution in [3.05, 3.63) is 23.2 Å². The van der Waals surface area contributed by atoms with E-state index >= 15 is 0 Å². The highest BCUT2D eigenvalue weighted by atomic mass is 16.5. The van der Waals surface area contributed by atoms with Gasteiger partial charge in [0.1, 0.15) is 0 Å². The van der Waals surface area contributed by atoms with Gasteiger partial charge in [0.15, 0.2) is 11.5 Å². The molecule has 4 nitrogen and oxygen atoms in total. The lowest BCUT2D eigenvalue weighted by Crippen LogP contribution is -2.21. The second-order valence-electron chi connectivity index (χ2n) is 6.85. The number of unbranched alkanes of at least 4 members (excludes halogenated alkanes) is 9. The molecule has 0 bridgehead atoms. The fourth-order valence-corrected chi connectivity index (χ4v) is 3.09. The zero-order chi connectivity index (χ0) is 19.9. The molecule has 0 aromatic heterocycles. The summed E-state index contributed by atoms with van der Waals surface area (Å²) >= 11 is 0. The van der Waals surface area contributed by atoms with Crippen LogP contribution in [0.5, 0.6) is 0 Å². The van der Waals surface area contributed by atoms with Crippen LogP contribution in [-0.2, 0) is 19.1 Å². The number of methoxy groups -OCH3 is 2. The molecule has 0 N–H and O–H groups in total. The highest BCUT2D eigenvalue weighted by Gasteiger charge is 2.29. The summed E-state index contributed by atoms with van der Waals surface area (Å²) in [6, 6.07) is 0. The number of hydrogen-bond donors (Lipinski definition) is 0. The van der Waals surface area contributed by atoms with Crippen molar-refractivity contribution >= 4 is 11.6 Å².